The Morgan fingerprint density at radius 3 is 2.93 bits per heavy atom. The zero-order valence-corrected chi connectivity index (χ0v) is 8.64. The molecule has 3 aliphatic rings. The highest BCUT2D eigenvalue weighted by Gasteiger charge is 2.57. The molecule has 0 radical (unpaired) electrons. The second-order valence-electron chi connectivity index (χ2n) is 4.88. The summed E-state index contributed by atoms with van der Waals surface area (Å²) in [6, 6.07) is 0. The zero-order valence-electron chi connectivity index (χ0n) is 8.64. The van der Waals surface area contributed by atoms with Crippen LogP contribution in [0.25, 0.3) is 0 Å². The minimum absolute atomic E-state index is 0.0607. The van der Waals surface area contributed by atoms with E-state index in [1.165, 1.54) is 6.92 Å². The lowest BCUT2D eigenvalue weighted by Gasteiger charge is -2.21. The van der Waals surface area contributed by atoms with E-state index in [4.69, 9.17) is 9.47 Å². The number of esters is 2. The van der Waals surface area contributed by atoms with Gasteiger partial charge in [0.25, 0.3) is 0 Å². The molecule has 82 valence electrons. The topological polar surface area (TPSA) is 52.6 Å². The monoisotopic (exact) mass is 210 g/mol. The fourth-order valence-corrected chi connectivity index (χ4v) is 3.00. The van der Waals surface area contributed by atoms with Gasteiger partial charge < -0.3 is 9.47 Å². The third-order valence-electron chi connectivity index (χ3n) is 3.77. The van der Waals surface area contributed by atoms with Gasteiger partial charge in [-0.2, -0.15) is 0 Å². The molecule has 1 saturated heterocycles. The van der Waals surface area contributed by atoms with Gasteiger partial charge in [0.1, 0.15) is 12.2 Å². The Morgan fingerprint density at radius 2 is 2.20 bits per heavy atom. The van der Waals surface area contributed by atoms with Crippen molar-refractivity contribution in [2.24, 2.45) is 17.8 Å². The molecule has 5 atom stereocenters. The van der Waals surface area contributed by atoms with Gasteiger partial charge in [-0.25, -0.2) is 0 Å². The Bertz CT molecular complexity index is 325. The molecule has 4 nitrogen and oxygen atoms in total. The molecule has 2 aliphatic carbocycles. The lowest BCUT2D eigenvalue weighted by Crippen LogP contribution is -2.33. The number of ether oxygens (including phenoxy) is 2. The maximum absolute atomic E-state index is 11.4. The number of hydrogen-bond donors (Lipinski definition) is 0. The third kappa shape index (κ3) is 1.43. The summed E-state index contributed by atoms with van der Waals surface area (Å²) in [5, 5.41) is 0. The van der Waals surface area contributed by atoms with Crippen LogP contribution in [-0.2, 0) is 19.1 Å². The molecule has 1 aliphatic heterocycles. The molecule has 2 saturated carbocycles. The number of carbonyl (C=O) groups excluding carboxylic acids is 2. The second-order valence-corrected chi connectivity index (χ2v) is 4.88. The standard InChI is InChI=1S/C11H14O4/c1-5(12)14-10-8-3-6(8)2-7-4-9(10)15-11(7)13/h6-10H,2-4H2,1H3/t6-,7?,8?,9?,10?/m1/s1. The Morgan fingerprint density at radius 1 is 1.40 bits per heavy atom. The third-order valence-corrected chi connectivity index (χ3v) is 3.77. The van der Waals surface area contributed by atoms with Crippen LogP contribution in [-0.4, -0.2) is 24.1 Å². The van der Waals surface area contributed by atoms with Crippen LogP contribution in [0.4, 0.5) is 0 Å². The molecule has 4 unspecified atom stereocenters. The van der Waals surface area contributed by atoms with Crippen LogP contribution < -0.4 is 0 Å². The van der Waals surface area contributed by atoms with E-state index < -0.39 is 0 Å². The largest absolute Gasteiger partial charge is 0.458 e. The van der Waals surface area contributed by atoms with Gasteiger partial charge in [0.2, 0.25) is 0 Å². The van der Waals surface area contributed by atoms with E-state index in [-0.39, 0.29) is 30.1 Å². The average molecular weight is 210 g/mol. The van der Waals surface area contributed by atoms with Crippen molar-refractivity contribution in [3.63, 3.8) is 0 Å². The molecule has 2 bridgehead atoms. The van der Waals surface area contributed by atoms with Crippen molar-refractivity contribution < 1.29 is 19.1 Å². The fourth-order valence-electron chi connectivity index (χ4n) is 3.00. The highest BCUT2D eigenvalue weighted by atomic mass is 16.6. The van der Waals surface area contributed by atoms with Gasteiger partial charge in [0, 0.05) is 19.3 Å². The first-order valence-corrected chi connectivity index (χ1v) is 5.53. The summed E-state index contributed by atoms with van der Waals surface area (Å²) in [4.78, 5) is 22.4. The highest BCUT2D eigenvalue weighted by Crippen LogP contribution is 2.53. The first kappa shape index (κ1) is 9.19. The molecule has 15 heavy (non-hydrogen) atoms. The van der Waals surface area contributed by atoms with Crippen molar-refractivity contribution in [1.29, 1.82) is 0 Å². The second kappa shape index (κ2) is 2.97. The lowest BCUT2D eigenvalue weighted by atomic mass is 10.00. The predicted molar refractivity (Wildman–Crippen MR) is 49.8 cm³/mol. The van der Waals surface area contributed by atoms with Gasteiger partial charge in [0.15, 0.2) is 0 Å². The predicted octanol–water partition coefficient (Wildman–Crippen LogP) is 0.890. The van der Waals surface area contributed by atoms with Crippen LogP contribution >= 0.6 is 0 Å². The summed E-state index contributed by atoms with van der Waals surface area (Å²) in [7, 11) is 0. The molecular weight excluding hydrogens is 196 g/mol. The normalized spacial score (nSPS) is 46.5. The van der Waals surface area contributed by atoms with Crippen molar-refractivity contribution in [3.8, 4) is 0 Å². The number of rotatable bonds is 1. The van der Waals surface area contributed by atoms with Crippen molar-refractivity contribution in [1.82, 2.24) is 0 Å². The van der Waals surface area contributed by atoms with Gasteiger partial charge in [0.05, 0.1) is 5.92 Å². The van der Waals surface area contributed by atoms with Gasteiger partial charge in [-0.1, -0.05) is 0 Å². The summed E-state index contributed by atoms with van der Waals surface area (Å²) in [5.41, 5.74) is 0. The van der Waals surface area contributed by atoms with Crippen molar-refractivity contribution in [3.05, 3.63) is 0 Å². The molecule has 0 aromatic rings. The van der Waals surface area contributed by atoms with E-state index in [0.29, 0.717) is 11.8 Å². The van der Waals surface area contributed by atoms with Crippen LogP contribution in [0.15, 0.2) is 0 Å². The van der Waals surface area contributed by atoms with E-state index in [9.17, 15) is 9.59 Å². The summed E-state index contributed by atoms with van der Waals surface area (Å²) in [5.74, 6) is 0.717. The smallest absolute Gasteiger partial charge is 0.309 e. The molecule has 1 heterocycles. The van der Waals surface area contributed by atoms with Gasteiger partial charge in [-0.15, -0.1) is 0 Å². The molecule has 3 fully saturated rings. The van der Waals surface area contributed by atoms with Crippen LogP contribution in [0.5, 0.6) is 0 Å². The highest BCUT2D eigenvalue weighted by molar-refractivity contribution is 5.75. The van der Waals surface area contributed by atoms with E-state index in [2.05, 4.69) is 0 Å². The van der Waals surface area contributed by atoms with E-state index in [1.54, 1.807) is 0 Å². The Labute approximate surface area is 87.9 Å². The van der Waals surface area contributed by atoms with E-state index in [1.807, 2.05) is 0 Å². The maximum atomic E-state index is 11.4. The molecule has 0 spiro atoms. The van der Waals surface area contributed by atoms with Crippen LogP contribution in [0.2, 0.25) is 0 Å². The number of hydrogen-bond acceptors (Lipinski definition) is 4. The van der Waals surface area contributed by atoms with Crippen molar-refractivity contribution in [2.45, 2.75) is 38.4 Å². The molecule has 3 rings (SSSR count). The van der Waals surface area contributed by atoms with Gasteiger partial charge >= 0.3 is 11.9 Å². The maximum Gasteiger partial charge on any atom is 0.309 e. The van der Waals surface area contributed by atoms with Crippen LogP contribution in [0, 0.1) is 17.8 Å². The first-order chi connectivity index (χ1) is 7.15. The van der Waals surface area contributed by atoms with Gasteiger partial charge in [-0.3, -0.25) is 9.59 Å². The minimum Gasteiger partial charge on any atom is -0.458 e. The quantitative estimate of drug-likeness (QED) is 0.603. The Hall–Kier alpha value is -1.06. The van der Waals surface area contributed by atoms with Crippen LogP contribution in [0.3, 0.4) is 0 Å². The van der Waals surface area contributed by atoms with Gasteiger partial charge in [-0.05, 0) is 18.8 Å². The van der Waals surface area contributed by atoms with Crippen molar-refractivity contribution >= 4 is 11.9 Å². The number of fused-ring (bicyclic) bond motifs is 3. The Kier molecular flexibility index (Phi) is 1.82. The summed E-state index contributed by atoms with van der Waals surface area (Å²) in [6.07, 6.45) is 2.40. The first-order valence-electron chi connectivity index (χ1n) is 5.53. The van der Waals surface area contributed by atoms with E-state index in [0.717, 1.165) is 19.3 Å². The summed E-state index contributed by atoms with van der Waals surface area (Å²) < 4.78 is 10.5. The lowest BCUT2D eigenvalue weighted by molar-refractivity contribution is -0.163. The Balaban J connectivity index is 1.81. The zero-order chi connectivity index (χ0) is 10.6. The molecule has 0 amide bonds. The van der Waals surface area contributed by atoms with Crippen molar-refractivity contribution in [2.75, 3.05) is 0 Å². The van der Waals surface area contributed by atoms with E-state index >= 15 is 0 Å². The molecule has 0 N–H and O–H groups in total. The fraction of sp³-hybridized carbons (Fsp3) is 0.818. The van der Waals surface area contributed by atoms with Crippen LogP contribution in [0.1, 0.15) is 26.2 Å². The summed E-state index contributed by atoms with van der Waals surface area (Å²) >= 11 is 0. The molecular formula is C11H14O4. The average Bonchev–Trinajstić information content (AvgIpc) is 2.80. The number of carbonyl (C=O) groups is 2. The molecule has 0 aromatic heterocycles. The SMILES string of the molecule is CC(=O)OC1C2CC(C[C@@H]3CC13)C(=O)O2. The molecule has 4 heteroatoms. The minimum atomic E-state index is -0.271. The summed E-state index contributed by atoms with van der Waals surface area (Å²) in [6.45, 7) is 1.41. The molecule has 0 aromatic carbocycles.